The summed E-state index contributed by atoms with van der Waals surface area (Å²) in [7, 11) is 0. The van der Waals surface area contributed by atoms with Gasteiger partial charge < -0.3 is 5.11 Å². The van der Waals surface area contributed by atoms with Gasteiger partial charge in [0.05, 0.1) is 0 Å². The fourth-order valence-corrected chi connectivity index (χ4v) is 1.40. The molecule has 3 heteroatoms. The Morgan fingerprint density at radius 1 is 1.46 bits per heavy atom. The van der Waals surface area contributed by atoms with Crippen LogP contribution in [0.1, 0.15) is 18.4 Å². The highest BCUT2D eigenvalue weighted by molar-refractivity contribution is 5.27. The van der Waals surface area contributed by atoms with E-state index in [0.717, 1.165) is 12.1 Å². The van der Waals surface area contributed by atoms with Gasteiger partial charge in [0, 0.05) is 12.6 Å². The van der Waals surface area contributed by atoms with Crippen LogP contribution in [-0.2, 0) is 6.54 Å². The van der Waals surface area contributed by atoms with Crippen molar-refractivity contribution in [2.75, 3.05) is 0 Å². The van der Waals surface area contributed by atoms with E-state index in [1.54, 1.807) is 12.1 Å². The molecule has 3 nitrogen and oxygen atoms in total. The summed E-state index contributed by atoms with van der Waals surface area (Å²) in [6.07, 6.45) is 2.41. The van der Waals surface area contributed by atoms with E-state index in [1.807, 2.05) is 17.1 Å². The Labute approximate surface area is 77.7 Å². The summed E-state index contributed by atoms with van der Waals surface area (Å²) in [6, 6.07) is 7.79. The van der Waals surface area contributed by atoms with E-state index in [2.05, 4.69) is 0 Å². The van der Waals surface area contributed by atoms with Gasteiger partial charge in [0.1, 0.15) is 5.75 Å². The van der Waals surface area contributed by atoms with Gasteiger partial charge in [-0.15, -0.1) is 0 Å². The third kappa shape index (κ3) is 2.20. The van der Waals surface area contributed by atoms with E-state index >= 15 is 0 Å². The zero-order valence-corrected chi connectivity index (χ0v) is 7.48. The van der Waals surface area contributed by atoms with E-state index in [-0.39, 0.29) is 0 Å². The summed E-state index contributed by atoms with van der Waals surface area (Å²) >= 11 is 0. The molecule has 1 saturated carbocycles. The number of rotatable bonds is 3. The zero-order valence-electron chi connectivity index (χ0n) is 7.48. The molecule has 3 N–H and O–H groups in total. The monoisotopic (exact) mass is 178 g/mol. The molecule has 1 fully saturated rings. The summed E-state index contributed by atoms with van der Waals surface area (Å²) in [5.74, 6) is 6.12. The summed E-state index contributed by atoms with van der Waals surface area (Å²) < 4.78 is 0. The number of hydrogen-bond donors (Lipinski definition) is 2. The van der Waals surface area contributed by atoms with Crippen molar-refractivity contribution < 1.29 is 5.11 Å². The molecule has 1 aliphatic carbocycles. The molecule has 0 bridgehead atoms. The molecule has 13 heavy (non-hydrogen) atoms. The van der Waals surface area contributed by atoms with E-state index in [4.69, 9.17) is 5.84 Å². The Morgan fingerprint density at radius 3 is 2.85 bits per heavy atom. The van der Waals surface area contributed by atoms with Crippen LogP contribution in [0.3, 0.4) is 0 Å². The quantitative estimate of drug-likeness (QED) is 0.540. The standard InChI is InChI=1S/C10H14N2O/c11-12(9-4-5-9)7-8-2-1-3-10(13)6-8/h1-3,6,9,13H,4-5,7,11H2. The van der Waals surface area contributed by atoms with Crippen molar-refractivity contribution in [1.82, 2.24) is 5.01 Å². The van der Waals surface area contributed by atoms with E-state index in [1.165, 1.54) is 12.8 Å². The Kier molecular flexibility index (Phi) is 2.20. The summed E-state index contributed by atoms with van der Waals surface area (Å²) in [5.41, 5.74) is 1.06. The topological polar surface area (TPSA) is 49.5 Å². The molecule has 0 unspecified atom stereocenters. The Bertz CT molecular complexity index is 297. The van der Waals surface area contributed by atoms with Crippen LogP contribution in [0.15, 0.2) is 24.3 Å². The summed E-state index contributed by atoms with van der Waals surface area (Å²) in [4.78, 5) is 0. The predicted molar refractivity (Wildman–Crippen MR) is 50.9 cm³/mol. The number of nitrogens with zero attached hydrogens (tertiary/aromatic N) is 1. The van der Waals surface area contributed by atoms with Crippen LogP contribution in [0.5, 0.6) is 5.75 Å². The fourth-order valence-electron chi connectivity index (χ4n) is 1.40. The minimum Gasteiger partial charge on any atom is -0.508 e. The molecule has 0 radical (unpaired) electrons. The Hall–Kier alpha value is -1.06. The molecule has 0 heterocycles. The van der Waals surface area contributed by atoms with Crippen LogP contribution in [0.25, 0.3) is 0 Å². The highest BCUT2D eigenvalue weighted by Crippen LogP contribution is 2.25. The molecule has 0 aliphatic heterocycles. The molecule has 0 atom stereocenters. The van der Waals surface area contributed by atoms with Crippen molar-refractivity contribution >= 4 is 0 Å². The molecule has 1 aliphatic rings. The van der Waals surface area contributed by atoms with Gasteiger partial charge in [-0.2, -0.15) is 0 Å². The molecule has 1 aromatic rings. The molecule has 0 saturated heterocycles. The van der Waals surface area contributed by atoms with E-state index < -0.39 is 0 Å². The molecular formula is C10H14N2O. The summed E-state index contributed by atoms with van der Waals surface area (Å²) in [6.45, 7) is 0.721. The molecular weight excluding hydrogens is 164 g/mol. The van der Waals surface area contributed by atoms with Gasteiger partial charge in [-0.25, -0.2) is 5.01 Å². The lowest BCUT2D eigenvalue weighted by Crippen LogP contribution is -2.32. The normalized spacial score (nSPS) is 16.5. The summed E-state index contributed by atoms with van der Waals surface area (Å²) in [5, 5.41) is 11.1. The van der Waals surface area contributed by atoms with Crippen molar-refractivity contribution in [3.8, 4) is 5.75 Å². The predicted octanol–water partition coefficient (Wildman–Crippen LogP) is 1.23. The minimum atomic E-state index is 0.307. The number of phenols is 1. The van der Waals surface area contributed by atoms with Crippen molar-refractivity contribution in [3.05, 3.63) is 29.8 Å². The van der Waals surface area contributed by atoms with Crippen LogP contribution in [0.4, 0.5) is 0 Å². The van der Waals surface area contributed by atoms with Gasteiger partial charge in [-0.3, -0.25) is 5.84 Å². The fraction of sp³-hybridized carbons (Fsp3) is 0.400. The molecule has 70 valence electrons. The van der Waals surface area contributed by atoms with Crippen LogP contribution in [0, 0.1) is 0 Å². The number of hydrogen-bond acceptors (Lipinski definition) is 3. The van der Waals surface area contributed by atoms with Crippen molar-refractivity contribution in [3.63, 3.8) is 0 Å². The number of benzene rings is 1. The molecule has 2 rings (SSSR count). The molecule has 0 spiro atoms. The van der Waals surface area contributed by atoms with Gasteiger partial charge in [0.2, 0.25) is 0 Å². The first-order valence-corrected chi connectivity index (χ1v) is 4.55. The molecule has 0 aromatic heterocycles. The zero-order chi connectivity index (χ0) is 9.26. The minimum absolute atomic E-state index is 0.307. The smallest absolute Gasteiger partial charge is 0.115 e. The first kappa shape index (κ1) is 8.53. The lowest BCUT2D eigenvalue weighted by atomic mass is 10.2. The van der Waals surface area contributed by atoms with Crippen LogP contribution in [-0.4, -0.2) is 16.2 Å². The van der Waals surface area contributed by atoms with Gasteiger partial charge >= 0.3 is 0 Å². The van der Waals surface area contributed by atoms with Gasteiger partial charge in [0.25, 0.3) is 0 Å². The van der Waals surface area contributed by atoms with Crippen LogP contribution in [0.2, 0.25) is 0 Å². The van der Waals surface area contributed by atoms with Crippen LogP contribution >= 0.6 is 0 Å². The van der Waals surface area contributed by atoms with Gasteiger partial charge in [-0.1, -0.05) is 12.1 Å². The first-order chi connectivity index (χ1) is 6.25. The van der Waals surface area contributed by atoms with Gasteiger partial charge in [-0.05, 0) is 30.5 Å². The highest BCUT2D eigenvalue weighted by Gasteiger charge is 2.26. The number of nitrogens with two attached hydrogens (primary N) is 1. The maximum atomic E-state index is 9.22. The second-order valence-electron chi connectivity index (χ2n) is 3.57. The van der Waals surface area contributed by atoms with E-state index in [9.17, 15) is 5.11 Å². The Balaban J connectivity index is 2.00. The van der Waals surface area contributed by atoms with Crippen molar-refractivity contribution in [2.45, 2.75) is 25.4 Å². The average molecular weight is 178 g/mol. The third-order valence-corrected chi connectivity index (χ3v) is 2.29. The SMILES string of the molecule is NN(Cc1cccc(O)c1)C1CC1. The third-order valence-electron chi connectivity index (χ3n) is 2.29. The van der Waals surface area contributed by atoms with Gasteiger partial charge in [0.15, 0.2) is 0 Å². The maximum Gasteiger partial charge on any atom is 0.115 e. The van der Waals surface area contributed by atoms with Crippen molar-refractivity contribution in [1.29, 1.82) is 0 Å². The second kappa shape index (κ2) is 3.36. The lowest BCUT2D eigenvalue weighted by molar-refractivity contribution is 0.263. The molecule has 1 aromatic carbocycles. The number of hydrazine groups is 1. The molecule has 0 amide bonds. The largest absolute Gasteiger partial charge is 0.508 e. The average Bonchev–Trinajstić information content (AvgIpc) is 2.85. The first-order valence-electron chi connectivity index (χ1n) is 4.55. The van der Waals surface area contributed by atoms with Crippen LogP contribution < -0.4 is 5.84 Å². The van der Waals surface area contributed by atoms with Crippen molar-refractivity contribution in [2.24, 2.45) is 5.84 Å². The Morgan fingerprint density at radius 2 is 2.23 bits per heavy atom. The number of phenolic OH excluding ortho intramolecular Hbond substituents is 1. The van der Waals surface area contributed by atoms with E-state index in [0.29, 0.717) is 11.8 Å². The highest BCUT2D eigenvalue weighted by atomic mass is 16.3. The second-order valence-corrected chi connectivity index (χ2v) is 3.57. The lowest BCUT2D eigenvalue weighted by Gasteiger charge is -2.14. The number of aromatic hydroxyl groups is 1. The maximum absolute atomic E-state index is 9.22.